The quantitative estimate of drug-likeness (QED) is 0.898. The molecule has 0 aliphatic heterocycles. The summed E-state index contributed by atoms with van der Waals surface area (Å²) in [6.45, 7) is 3.57. The second-order valence-corrected chi connectivity index (χ2v) is 3.99. The molecule has 1 unspecified atom stereocenters. The van der Waals surface area contributed by atoms with Crippen LogP contribution in [-0.4, -0.2) is 10.9 Å². The number of fused-ring (bicyclic) bond motifs is 1. The maximum absolute atomic E-state index is 11.7. The van der Waals surface area contributed by atoms with Gasteiger partial charge < -0.3 is 9.73 Å². The van der Waals surface area contributed by atoms with Gasteiger partial charge in [0.1, 0.15) is 11.4 Å². The van der Waals surface area contributed by atoms with Gasteiger partial charge in [-0.3, -0.25) is 4.79 Å². The molecule has 0 bridgehead atoms. The Morgan fingerprint density at radius 3 is 3.06 bits per heavy atom. The molecule has 1 N–H and O–H groups in total. The van der Waals surface area contributed by atoms with E-state index in [0.717, 1.165) is 0 Å². The lowest BCUT2D eigenvalue weighted by molar-refractivity contribution is -0.118. The molecular formula is C13H13N3O2. The third-order valence-electron chi connectivity index (χ3n) is 2.64. The van der Waals surface area contributed by atoms with Crippen LogP contribution in [0.15, 0.2) is 22.6 Å². The third kappa shape index (κ3) is 2.33. The summed E-state index contributed by atoms with van der Waals surface area (Å²) in [4.78, 5) is 15.9. The molecule has 0 spiro atoms. The molecule has 2 rings (SSSR count). The topological polar surface area (TPSA) is 78.9 Å². The van der Waals surface area contributed by atoms with Crippen molar-refractivity contribution in [1.82, 2.24) is 4.98 Å². The molecule has 1 heterocycles. The normalized spacial score (nSPS) is 12.1. The van der Waals surface area contributed by atoms with Crippen molar-refractivity contribution in [2.45, 2.75) is 20.3 Å². The standard InChI is InChI=1S/C13H13N3O2/c1-3-9(7-14)13(17)16-10-4-5-12-11(6-10)15-8(2)18-12/h4-6,9H,3H2,1-2H3,(H,16,17). The second kappa shape index (κ2) is 4.88. The first-order chi connectivity index (χ1) is 8.63. The number of carbonyl (C=O) groups excluding carboxylic acids is 1. The number of nitriles is 1. The van der Waals surface area contributed by atoms with Gasteiger partial charge in [-0.1, -0.05) is 6.92 Å². The molecule has 0 aliphatic carbocycles. The number of amides is 1. The van der Waals surface area contributed by atoms with Crippen LogP contribution in [0.5, 0.6) is 0 Å². The smallest absolute Gasteiger partial charge is 0.241 e. The summed E-state index contributed by atoms with van der Waals surface area (Å²) in [5.74, 6) is -0.337. The molecule has 0 saturated carbocycles. The fourth-order valence-corrected chi connectivity index (χ4v) is 1.69. The van der Waals surface area contributed by atoms with Crippen LogP contribution in [0.1, 0.15) is 19.2 Å². The Kier molecular flexibility index (Phi) is 3.28. The maximum Gasteiger partial charge on any atom is 0.241 e. The highest BCUT2D eigenvalue weighted by molar-refractivity contribution is 5.95. The summed E-state index contributed by atoms with van der Waals surface area (Å²) in [6, 6.07) is 7.18. The van der Waals surface area contributed by atoms with Gasteiger partial charge in [-0.05, 0) is 24.6 Å². The number of nitrogens with zero attached hydrogens (tertiary/aromatic N) is 2. The number of hydrogen-bond donors (Lipinski definition) is 1. The molecule has 0 aliphatic rings. The summed E-state index contributed by atoms with van der Waals surface area (Å²) in [5.41, 5.74) is 1.99. The fourth-order valence-electron chi connectivity index (χ4n) is 1.69. The van der Waals surface area contributed by atoms with E-state index in [1.54, 1.807) is 32.0 Å². The van der Waals surface area contributed by atoms with E-state index in [2.05, 4.69) is 10.3 Å². The van der Waals surface area contributed by atoms with E-state index >= 15 is 0 Å². The van der Waals surface area contributed by atoms with Crippen molar-refractivity contribution in [3.63, 3.8) is 0 Å². The van der Waals surface area contributed by atoms with Crippen molar-refractivity contribution < 1.29 is 9.21 Å². The molecular weight excluding hydrogens is 230 g/mol. The Hall–Kier alpha value is -2.35. The molecule has 2 aromatic rings. The van der Waals surface area contributed by atoms with Crippen LogP contribution in [0.4, 0.5) is 5.69 Å². The molecule has 18 heavy (non-hydrogen) atoms. The van der Waals surface area contributed by atoms with Crippen molar-refractivity contribution >= 4 is 22.7 Å². The van der Waals surface area contributed by atoms with E-state index in [1.165, 1.54) is 0 Å². The summed E-state index contributed by atoms with van der Waals surface area (Å²) in [5, 5.41) is 11.5. The van der Waals surface area contributed by atoms with Gasteiger partial charge in [-0.25, -0.2) is 4.98 Å². The van der Waals surface area contributed by atoms with Gasteiger partial charge in [-0.15, -0.1) is 0 Å². The van der Waals surface area contributed by atoms with Gasteiger partial charge in [0.15, 0.2) is 11.5 Å². The first-order valence-electron chi connectivity index (χ1n) is 5.71. The zero-order chi connectivity index (χ0) is 13.1. The highest BCUT2D eigenvalue weighted by Crippen LogP contribution is 2.20. The van der Waals surface area contributed by atoms with Crippen molar-refractivity contribution in [1.29, 1.82) is 5.26 Å². The highest BCUT2D eigenvalue weighted by atomic mass is 16.3. The SMILES string of the molecule is CCC(C#N)C(=O)Nc1ccc2oc(C)nc2c1. The van der Waals surface area contributed by atoms with E-state index in [4.69, 9.17) is 9.68 Å². The maximum atomic E-state index is 11.7. The van der Waals surface area contributed by atoms with E-state index in [1.807, 2.05) is 6.07 Å². The zero-order valence-corrected chi connectivity index (χ0v) is 10.2. The number of rotatable bonds is 3. The number of hydrogen-bond acceptors (Lipinski definition) is 4. The van der Waals surface area contributed by atoms with Crippen LogP contribution in [0.25, 0.3) is 11.1 Å². The number of oxazole rings is 1. The molecule has 1 aromatic carbocycles. The molecule has 5 nitrogen and oxygen atoms in total. The van der Waals surface area contributed by atoms with Crippen LogP contribution >= 0.6 is 0 Å². The average Bonchev–Trinajstić information content (AvgIpc) is 2.70. The molecule has 92 valence electrons. The predicted molar refractivity (Wildman–Crippen MR) is 66.8 cm³/mol. The molecule has 0 radical (unpaired) electrons. The first-order valence-corrected chi connectivity index (χ1v) is 5.71. The third-order valence-corrected chi connectivity index (χ3v) is 2.64. The van der Waals surface area contributed by atoms with E-state index in [9.17, 15) is 4.79 Å². The van der Waals surface area contributed by atoms with Gasteiger partial charge in [0.25, 0.3) is 0 Å². The number of aromatic nitrogens is 1. The minimum atomic E-state index is -0.625. The van der Waals surface area contributed by atoms with Crippen LogP contribution in [-0.2, 0) is 4.79 Å². The zero-order valence-electron chi connectivity index (χ0n) is 10.2. The van der Waals surface area contributed by atoms with Crippen LogP contribution in [0.3, 0.4) is 0 Å². The lowest BCUT2D eigenvalue weighted by Gasteiger charge is -2.07. The summed E-state index contributed by atoms with van der Waals surface area (Å²) < 4.78 is 5.34. The second-order valence-electron chi connectivity index (χ2n) is 3.99. The lowest BCUT2D eigenvalue weighted by atomic mass is 10.1. The van der Waals surface area contributed by atoms with Crippen molar-refractivity contribution in [2.75, 3.05) is 5.32 Å². The lowest BCUT2D eigenvalue weighted by Crippen LogP contribution is -2.20. The van der Waals surface area contributed by atoms with E-state index in [-0.39, 0.29) is 5.91 Å². The summed E-state index contributed by atoms with van der Waals surface area (Å²) >= 11 is 0. The molecule has 5 heteroatoms. The first kappa shape index (κ1) is 12.1. The Bertz CT molecular complexity index is 625. The minimum absolute atomic E-state index is 0.292. The average molecular weight is 243 g/mol. The Morgan fingerprint density at radius 1 is 1.61 bits per heavy atom. The Morgan fingerprint density at radius 2 is 2.39 bits per heavy atom. The van der Waals surface area contributed by atoms with E-state index in [0.29, 0.717) is 29.1 Å². The number of carbonyl (C=O) groups is 1. The summed E-state index contributed by atoms with van der Waals surface area (Å²) in [6.07, 6.45) is 0.494. The summed E-state index contributed by atoms with van der Waals surface area (Å²) in [7, 11) is 0. The molecule has 0 fully saturated rings. The van der Waals surface area contributed by atoms with Gasteiger partial charge >= 0.3 is 0 Å². The monoisotopic (exact) mass is 243 g/mol. The van der Waals surface area contributed by atoms with Gasteiger partial charge in [-0.2, -0.15) is 5.26 Å². The molecule has 1 amide bonds. The number of benzene rings is 1. The van der Waals surface area contributed by atoms with Crippen LogP contribution < -0.4 is 5.32 Å². The van der Waals surface area contributed by atoms with Crippen molar-refractivity contribution in [3.8, 4) is 6.07 Å². The number of anilines is 1. The van der Waals surface area contributed by atoms with E-state index < -0.39 is 5.92 Å². The van der Waals surface area contributed by atoms with Gasteiger partial charge in [0.05, 0.1) is 6.07 Å². The molecule has 0 saturated heterocycles. The van der Waals surface area contributed by atoms with Crippen molar-refractivity contribution in [2.24, 2.45) is 5.92 Å². The molecule has 1 aromatic heterocycles. The Labute approximate surface area is 104 Å². The van der Waals surface area contributed by atoms with Gasteiger partial charge in [0, 0.05) is 12.6 Å². The largest absolute Gasteiger partial charge is 0.441 e. The highest BCUT2D eigenvalue weighted by Gasteiger charge is 2.15. The molecule has 1 atom stereocenters. The van der Waals surface area contributed by atoms with Crippen molar-refractivity contribution in [3.05, 3.63) is 24.1 Å². The predicted octanol–water partition coefficient (Wildman–Crippen LogP) is 2.62. The number of nitrogens with one attached hydrogen (secondary N) is 1. The van der Waals surface area contributed by atoms with Crippen LogP contribution in [0.2, 0.25) is 0 Å². The Balaban J connectivity index is 2.22. The number of aryl methyl sites for hydroxylation is 1. The minimum Gasteiger partial charge on any atom is -0.441 e. The van der Waals surface area contributed by atoms with Gasteiger partial charge in [0.2, 0.25) is 5.91 Å². The van der Waals surface area contributed by atoms with Crippen LogP contribution in [0, 0.1) is 24.2 Å². The fraction of sp³-hybridized carbons (Fsp3) is 0.308.